The summed E-state index contributed by atoms with van der Waals surface area (Å²) in [6.07, 6.45) is 0. The van der Waals surface area contributed by atoms with E-state index in [2.05, 4.69) is 0 Å². The summed E-state index contributed by atoms with van der Waals surface area (Å²) >= 11 is 5.57. The van der Waals surface area contributed by atoms with E-state index in [4.69, 9.17) is 21.1 Å². The van der Waals surface area contributed by atoms with E-state index in [1.165, 1.54) is 18.2 Å². The molecule has 2 N–H and O–H groups in total. The van der Waals surface area contributed by atoms with Crippen molar-refractivity contribution in [3.63, 3.8) is 0 Å². The Morgan fingerprint density at radius 1 is 1.36 bits per heavy atom. The fourth-order valence-electron chi connectivity index (χ4n) is 1.21. The standard InChI is InChI=1S/C9H5ClO4/c10-8-2-4-1-6(11)5(9(12)13)3-7(4)14-8/h1-3,11H,(H,12,13). The van der Waals surface area contributed by atoms with E-state index in [-0.39, 0.29) is 16.5 Å². The van der Waals surface area contributed by atoms with E-state index in [9.17, 15) is 9.90 Å². The van der Waals surface area contributed by atoms with E-state index in [1.54, 1.807) is 0 Å². The maximum Gasteiger partial charge on any atom is 0.339 e. The number of carboxylic acid groups (broad SMARTS) is 1. The second-order valence-corrected chi connectivity index (χ2v) is 3.14. The molecular formula is C9H5ClO4. The Bertz CT molecular complexity index is 515. The lowest BCUT2D eigenvalue weighted by Crippen LogP contribution is -1.95. The van der Waals surface area contributed by atoms with E-state index in [1.807, 2.05) is 0 Å². The molecule has 1 aromatic carbocycles. The Balaban J connectivity index is 2.76. The summed E-state index contributed by atoms with van der Waals surface area (Å²) < 4.78 is 5.00. The molecule has 0 aliphatic heterocycles. The Morgan fingerprint density at radius 2 is 2.07 bits per heavy atom. The van der Waals surface area contributed by atoms with Crippen molar-refractivity contribution in [2.75, 3.05) is 0 Å². The van der Waals surface area contributed by atoms with Gasteiger partial charge in [-0.1, -0.05) is 0 Å². The van der Waals surface area contributed by atoms with Crippen LogP contribution in [0, 0.1) is 0 Å². The average Bonchev–Trinajstić information content (AvgIpc) is 2.42. The van der Waals surface area contributed by atoms with Gasteiger partial charge in [0.2, 0.25) is 0 Å². The zero-order chi connectivity index (χ0) is 10.3. The van der Waals surface area contributed by atoms with E-state index in [0.29, 0.717) is 11.0 Å². The minimum Gasteiger partial charge on any atom is -0.507 e. The van der Waals surface area contributed by atoms with E-state index < -0.39 is 5.97 Å². The molecule has 0 bridgehead atoms. The van der Waals surface area contributed by atoms with Gasteiger partial charge in [-0.15, -0.1) is 0 Å². The van der Waals surface area contributed by atoms with Gasteiger partial charge in [0, 0.05) is 11.5 Å². The third kappa shape index (κ3) is 1.29. The fourth-order valence-corrected chi connectivity index (χ4v) is 1.41. The zero-order valence-corrected chi connectivity index (χ0v) is 7.58. The van der Waals surface area contributed by atoms with Crippen LogP contribution in [0.4, 0.5) is 0 Å². The monoisotopic (exact) mass is 212 g/mol. The maximum atomic E-state index is 10.6. The highest BCUT2D eigenvalue weighted by Crippen LogP contribution is 2.29. The minimum atomic E-state index is -1.21. The zero-order valence-electron chi connectivity index (χ0n) is 6.82. The predicted molar refractivity (Wildman–Crippen MR) is 49.8 cm³/mol. The van der Waals surface area contributed by atoms with Crippen LogP contribution in [0.2, 0.25) is 5.22 Å². The molecule has 0 unspecified atom stereocenters. The summed E-state index contributed by atoms with van der Waals surface area (Å²) in [5.41, 5.74) is 0.133. The molecule has 0 amide bonds. The topological polar surface area (TPSA) is 70.7 Å². The molecule has 2 aromatic rings. The molecule has 4 nitrogen and oxygen atoms in total. The summed E-state index contributed by atoms with van der Waals surface area (Å²) in [6.45, 7) is 0. The van der Waals surface area contributed by atoms with Gasteiger partial charge in [-0.2, -0.15) is 0 Å². The van der Waals surface area contributed by atoms with Gasteiger partial charge < -0.3 is 14.6 Å². The van der Waals surface area contributed by atoms with Crippen molar-refractivity contribution in [3.05, 3.63) is 29.0 Å². The van der Waals surface area contributed by atoms with Crippen molar-refractivity contribution in [1.82, 2.24) is 0 Å². The molecule has 5 heteroatoms. The van der Waals surface area contributed by atoms with Crippen LogP contribution in [0.5, 0.6) is 5.75 Å². The molecule has 0 aliphatic rings. The Hall–Kier alpha value is -1.68. The number of furan rings is 1. The van der Waals surface area contributed by atoms with Gasteiger partial charge in [-0.25, -0.2) is 4.79 Å². The lowest BCUT2D eigenvalue weighted by Gasteiger charge is -1.97. The molecule has 2 rings (SSSR count). The number of rotatable bonds is 1. The third-order valence-corrected chi connectivity index (χ3v) is 2.02. The molecule has 0 radical (unpaired) electrons. The quantitative estimate of drug-likeness (QED) is 0.762. The highest BCUT2D eigenvalue weighted by molar-refractivity contribution is 6.29. The minimum absolute atomic E-state index is 0.155. The Kier molecular flexibility index (Phi) is 1.86. The first kappa shape index (κ1) is 8.90. The van der Waals surface area contributed by atoms with Crippen LogP contribution >= 0.6 is 11.6 Å². The van der Waals surface area contributed by atoms with Crippen LogP contribution in [-0.2, 0) is 0 Å². The first-order valence-corrected chi connectivity index (χ1v) is 4.11. The van der Waals surface area contributed by atoms with Gasteiger partial charge in [-0.05, 0) is 23.7 Å². The second-order valence-electron chi connectivity index (χ2n) is 2.76. The third-order valence-electron chi connectivity index (χ3n) is 1.83. The number of aromatic hydroxyl groups is 1. The summed E-state index contributed by atoms with van der Waals surface area (Å²) in [5.74, 6) is -1.51. The van der Waals surface area contributed by atoms with Gasteiger partial charge in [0.15, 0.2) is 5.22 Å². The molecule has 0 saturated carbocycles. The number of aromatic carboxylic acids is 1. The number of phenols is 1. The van der Waals surface area contributed by atoms with Gasteiger partial charge >= 0.3 is 5.97 Å². The molecule has 0 saturated heterocycles. The second kappa shape index (κ2) is 2.92. The normalized spacial score (nSPS) is 10.6. The molecule has 0 aliphatic carbocycles. The van der Waals surface area contributed by atoms with Crippen LogP contribution < -0.4 is 0 Å². The van der Waals surface area contributed by atoms with E-state index in [0.717, 1.165) is 0 Å². The number of fused-ring (bicyclic) bond motifs is 1. The van der Waals surface area contributed by atoms with Crippen molar-refractivity contribution < 1.29 is 19.4 Å². The highest BCUT2D eigenvalue weighted by atomic mass is 35.5. The van der Waals surface area contributed by atoms with Crippen molar-refractivity contribution in [2.24, 2.45) is 0 Å². The first-order valence-electron chi connectivity index (χ1n) is 3.73. The molecule has 1 heterocycles. The van der Waals surface area contributed by atoms with Crippen molar-refractivity contribution in [2.45, 2.75) is 0 Å². The van der Waals surface area contributed by atoms with Gasteiger partial charge in [0.25, 0.3) is 0 Å². The van der Waals surface area contributed by atoms with Crippen molar-refractivity contribution in [3.8, 4) is 5.75 Å². The summed E-state index contributed by atoms with van der Waals surface area (Å²) in [4.78, 5) is 10.6. The molecular weight excluding hydrogens is 208 g/mol. The summed E-state index contributed by atoms with van der Waals surface area (Å²) in [6, 6.07) is 4.04. The molecule has 0 spiro atoms. The van der Waals surface area contributed by atoms with Crippen LogP contribution in [-0.4, -0.2) is 16.2 Å². The molecule has 72 valence electrons. The molecule has 1 aromatic heterocycles. The van der Waals surface area contributed by atoms with Gasteiger partial charge in [-0.3, -0.25) is 0 Å². The van der Waals surface area contributed by atoms with Crippen molar-refractivity contribution >= 4 is 28.5 Å². The number of benzene rings is 1. The predicted octanol–water partition coefficient (Wildman–Crippen LogP) is 2.49. The number of hydrogen-bond acceptors (Lipinski definition) is 3. The van der Waals surface area contributed by atoms with Gasteiger partial charge in [0.05, 0.1) is 0 Å². The van der Waals surface area contributed by atoms with Crippen molar-refractivity contribution in [1.29, 1.82) is 0 Å². The van der Waals surface area contributed by atoms with Crippen LogP contribution in [0.25, 0.3) is 11.0 Å². The van der Waals surface area contributed by atoms with Crippen LogP contribution in [0.1, 0.15) is 10.4 Å². The van der Waals surface area contributed by atoms with Crippen LogP contribution in [0.15, 0.2) is 22.6 Å². The SMILES string of the molecule is O=C(O)c1cc2oc(Cl)cc2cc1O. The number of carbonyl (C=O) groups is 1. The summed E-state index contributed by atoms with van der Waals surface area (Å²) in [7, 11) is 0. The fraction of sp³-hybridized carbons (Fsp3) is 0. The summed E-state index contributed by atoms with van der Waals surface area (Å²) in [5, 5.41) is 18.7. The Morgan fingerprint density at radius 3 is 2.71 bits per heavy atom. The maximum absolute atomic E-state index is 10.6. The molecule has 0 atom stereocenters. The number of carboxylic acids is 1. The first-order chi connectivity index (χ1) is 6.58. The van der Waals surface area contributed by atoms with E-state index >= 15 is 0 Å². The lowest BCUT2D eigenvalue weighted by atomic mass is 10.1. The average molecular weight is 213 g/mol. The molecule has 0 fully saturated rings. The van der Waals surface area contributed by atoms with Gasteiger partial charge in [0.1, 0.15) is 16.9 Å². The lowest BCUT2D eigenvalue weighted by molar-refractivity contribution is 0.0694. The van der Waals surface area contributed by atoms with Crippen LogP contribution in [0.3, 0.4) is 0 Å². The number of hydrogen-bond donors (Lipinski definition) is 2. The Labute approximate surface area is 83.3 Å². The molecule has 14 heavy (non-hydrogen) atoms. The largest absolute Gasteiger partial charge is 0.507 e. The smallest absolute Gasteiger partial charge is 0.339 e. The highest BCUT2D eigenvalue weighted by Gasteiger charge is 2.13. The number of halogens is 1.